The first-order valence-electron chi connectivity index (χ1n) is 7.04. The Balaban J connectivity index is 2.09. The minimum absolute atomic E-state index is 0.0240. The van der Waals surface area contributed by atoms with E-state index in [1.54, 1.807) is 24.3 Å². The van der Waals surface area contributed by atoms with Crippen molar-refractivity contribution in [2.45, 2.75) is 26.7 Å². The Morgan fingerprint density at radius 3 is 2.57 bits per heavy atom. The highest BCUT2D eigenvalue weighted by Crippen LogP contribution is 2.46. The lowest BCUT2D eigenvalue weighted by molar-refractivity contribution is -0.127. The Morgan fingerprint density at radius 2 is 2.10 bits per heavy atom. The lowest BCUT2D eigenvalue weighted by Gasteiger charge is -2.43. The predicted octanol–water partition coefficient (Wildman–Crippen LogP) is 2.19. The summed E-state index contributed by atoms with van der Waals surface area (Å²) in [6.07, 6.45) is 1.18. The van der Waals surface area contributed by atoms with E-state index in [0.717, 1.165) is 5.75 Å². The molecule has 0 saturated heterocycles. The molecular weight excluding hydrogens is 270 g/mol. The van der Waals surface area contributed by atoms with E-state index in [-0.39, 0.29) is 11.7 Å². The highest BCUT2D eigenvalue weighted by Gasteiger charge is 2.52. The van der Waals surface area contributed by atoms with Crippen LogP contribution in [0.1, 0.15) is 26.7 Å². The molecule has 1 aliphatic carbocycles. The molecule has 0 aliphatic heterocycles. The number of nitrogens with one attached hydrogen (secondary N) is 1. The van der Waals surface area contributed by atoms with Crippen LogP contribution in [-0.2, 0) is 4.79 Å². The standard InChI is InChI=1S/C15H21N3O3/c1-3-21-12-6-4-11(5-7-12)17-14(19)15(13(16)18-20)8-10(2)9-15/h4-7,10,20H,3,8-9H2,1-2H3,(H2,16,18)(H,17,19). The number of nitrogens with zero attached hydrogens (tertiary/aromatic N) is 1. The molecule has 0 aromatic heterocycles. The van der Waals surface area contributed by atoms with Crippen LogP contribution in [0, 0.1) is 11.3 Å². The second-order valence-electron chi connectivity index (χ2n) is 5.49. The van der Waals surface area contributed by atoms with Gasteiger partial charge in [0.25, 0.3) is 0 Å². The van der Waals surface area contributed by atoms with Gasteiger partial charge in [0, 0.05) is 5.69 Å². The van der Waals surface area contributed by atoms with Gasteiger partial charge in [0.05, 0.1) is 6.61 Å². The SMILES string of the molecule is CCOc1ccc(NC(=O)C2(/C(N)=N/O)CC(C)C2)cc1. The Kier molecular flexibility index (Phi) is 4.35. The molecule has 21 heavy (non-hydrogen) atoms. The summed E-state index contributed by atoms with van der Waals surface area (Å²) in [6.45, 7) is 4.54. The first-order chi connectivity index (χ1) is 10.0. The number of rotatable bonds is 5. The van der Waals surface area contributed by atoms with Crippen LogP contribution in [0.2, 0.25) is 0 Å². The van der Waals surface area contributed by atoms with Crippen molar-refractivity contribution in [1.29, 1.82) is 0 Å². The number of amidine groups is 1. The van der Waals surface area contributed by atoms with Gasteiger partial charge in [0.15, 0.2) is 5.84 Å². The Hall–Kier alpha value is -2.24. The highest BCUT2D eigenvalue weighted by atomic mass is 16.5. The average Bonchev–Trinajstić information content (AvgIpc) is 2.45. The number of ether oxygens (including phenoxy) is 1. The third kappa shape index (κ3) is 2.94. The number of hydrogen-bond acceptors (Lipinski definition) is 4. The fourth-order valence-electron chi connectivity index (χ4n) is 2.79. The second-order valence-corrected chi connectivity index (χ2v) is 5.49. The van der Waals surface area contributed by atoms with E-state index in [4.69, 9.17) is 15.7 Å². The molecule has 6 heteroatoms. The molecule has 0 radical (unpaired) electrons. The van der Waals surface area contributed by atoms with Crippen LogP contribution in [0.4, 0.5) is 5.69 Å². The number of carbonyl (C=O) groups excluding carboxylic acids is 1. The Bertz CT molecular complexity index is 534. The fraction of sp³-hybridized carbons (Fsp3) is 0.467. The van der Waals surface area contributed by atoms with E-state index in [2.05, 4.69) is 10.5 Å². The number of hydrogen-bond donors (Lipinski definition) is 3. The smallest absolute Gasteiger partial charge is 0.238 e. The Labute approximate surface area is 124 Å². The lowest BCUT2D eigenvalue weighted by atomic mass is 9.61. The second kappa shape index (κ2) is 6.03. The molecule has 0 bridgehead atoms. The minimum atomic E-state index is -0.896. The van der Waals surface area contributed by atoms with Crippen molar-refractivity contribution >= 4 is 17.4 Å². The number of anilines is 1. The van der Waals surface area contributed by atoms with Crippen molar-refractivity contribution in [2.24, 2.45) is 22.2 Å². The van der Waals surface area contributed by atoms with Gasteiger partial charge in [-0.05, 0) is 49.9 Å². The lowest BCUT2D eigenvalue weighted by Crippen LogP contribution is -2.54. The topological polar surface area (TPSA) is 96.9 Å². The molecule has 0 atom stereocenters. The zero-order valence-electron chi connectivity index (χ0n) is 12.3. The van der Waals surface area contributed by atoms with Crippen LogP contribution >= 0.6 is 0 Å². The van der Waals surface area contributed by atoms with Crippen LogP contribution in [0.5, 0.6) is 5.75 Å². The summed E-state index contributed by atoms with van der Waals surface area (Å²) >= 11 is 0. The van der Waals surface area contributed by atoms with Gasteiger partial charge in [0.1, 0.15) is 11.2 Å². The van der Waals surface area contributed by atoms with Crippen molar-refractivity contribution in [1.82, 2.24) is 0 Å². The summed E-state index contributed by atoms with van der Waals surface area (Å²) in [4.78, 5) is 12.5. The van der Waals surface area contributed by atoms with E-state index in [1.165, 1.54) is 0 Å². The van der Waals surface area contributed by atoms with E-state index in [9.17, 15) is 4.79 Å². The van der Waals surface area contributed by atoms with Crippen LogP contribution in [0.25, 0.3) is 0 Å². The van der Waals surface area contributed by atoms with Crippen LogP contribution in [-0.4, -0.2) is 23.6 Å². The van der Waals surface area contributed by atoms with Gasteiger partial charge in [0.2, 0.25) is 5.91 Å². The van der Waals surface area contributed by atoms with Crippen molar-refractivity contribution in [3.8, 4) is 5.75 Å². The zero-order valence-corrected chi connectivity index (χ0v) is 12.3. The maximum atomic E-state index is 12.5. The van der Waals surface area contributed by atoms with Gasteiger partial charge in [-0.2, -0.15) is 0 Å². The molecule has 0 spiro atoms. The summed E-state index contributed by atoms with van der Waals surface area (Å²) < 4.78 is 5.35. The van der Waals surface area contributed by atoms with Gasteiger partial charge in [-0.15, -0.1) is 0 Å². The number of benzene rings is 1. The van der Waals surface area contributed by atoms with Crippen LogP contribution in [0.15, 0.2) is 29.4 Å². The monoisotopic (exact) mass is 291 g/mol. The van der Waals surface area contributed by atoms with E-state index in [0.29, 0.717) is 31.1 Å². The largest absolute Gasteiger partial charge is 0.494 e. The third-order valence-corrected chi connectivity index (χ3v) is 3.85. The molecule has 1 amide bonds. The Morgan fingerprint density at radius 1 is 1.48 bits per heavy atom. The zero-order chi connectivity index (χ0) is 15.5. The van der Waals surface area contributed by atoms with Crippen molar-refractivity contribution < 1.29 is 14.7 Å². The van der Waals surface area contributed by atoms with Gasteiger partial charge >= 0.3 is 0 Å². The molecule has 0 unspecified atom stereocenters. The molecule has 1 aromatic rings. The molecule has 2 rings (SSSR count). The van der Waals surface area contributed by atoms with Gasteiger partial charge in [-0.25, -0.2) is 0 Å². The molecule has 0 heterocycles. The molecule has 1 fully saturated rings. The number of carbonyl (C=O) groups is 1. The molecule has 4 N–H and O–H groups in total. The summed E-state index contributed by atoms with van der Waals surface area (Å²) in [7, 11) is 0. The number of oxime groups is 1. The number of nitrogens with two attached hydrogens (primary N) is 1. The van der Waals surface area contributed by atoms with E-state index < -0.39 is 5.41 Å². The third-order valence-electron chi connectivity index (χ3n) is 3.85. The van der Waals surface area contributed by atoms with Crippen molar-refractivity contribution in [3.63, 3.8) is 0 Å². The molecule has 1 aliphatic rings. The molecule has 6 nitrogen and oxygen atoms in total. The first-order valence-corrected chi connectivity index (χ1v) is 7.04. The maximum Gasteiger partial charge on any atom is 0.238 e. The predicted molar refractivity (Wildman–Crippen MR) is 80.5 cm³/mol. The normalized spacial score (nSPS) is 25.0. The molecule has 114 valence electrons. The van der Waals surface area contributed by atoms with E-state index in [1.807, 2.05) is 13.8 Å². The summed E-state index contributed by atoms with van der Waals surface area (Å²) in [6, 6.07) is 7.12. The summed E-state index contributed by atoms with van der Waals surface area (Å²) in [5, 5.41) is 14.8. The fourth-order valence-corrected chi connectivity index (χ4v) is 2.79. The number of amides is 1. The molecule has 1 aromatic carbocycles. The van der Waals surface area contributed by atoms with Gasteiger partial charge in [-0.3, -0.25) is 4.79 Å². The van der Waals surface area contributed by atoms with Crippen molar-refractivity contribution in [2.75, 3.05) is 11.9 Å². The van der Waals surface area contributed by atoms with Crippen LogP contribution < -0.4 is 15.8 Å². The summed E-state index contributed by atoms with van der Waals surface area (Å²) in [5.41, 5.74) is 5.48. The highest BCUT2D eigenvalue weighted by molar-refractivity contribution is 6.12. The quantitative estimate of drug-likeness (QED) is 0.335. The van der Waals surface area contributed by atoms with Gasteiger partial charge in [-0.1, -0.05) is 12.1 Å². The molecular formula is C15H21N3O3. The van der Waals surface area contributed by atoms with Crippen LogP contribution in [0.3, 0.4) is 0 Å². The maximum absolute atomic E-state index is 12.5. The van der Waals surface area contributed by atoms with Gasteiger partial charge < -0.3 is 21.0 Å². The molecule has 1 saturated carbocycles. The minimum Gasteiger partial charge on any atom is -0.494 e. The average molecular weight is 291 g/mol. The van der Waals surface area contributed by atoms with Crippen molar-refractivity contribution in [3.05, 3.63) is 24.3 Å². The summed E-state index contributed by atoms with van der Waals surface area (Å²) in [5.74, 6) is 0.874. The first kappa shape index (κ1) is 15.2. The van der Waals surface area contributed by atoms with E-state index >= 15 is 0 Å².